The molecule has 178 valence electrons. The van der Waals surface area contributed by atoms with Gasteiger partial charge in [0.1, 0.15) is 17.4 Å². The Morgan fingerprint density at radius 1 is 1.17 bits per heavy atom. The molecule has 7 nitrogen and oxygen atoms in total. The Balaban J connectivity index is 1.30. The molecule has 3 aliphatic carbocycles. The van der Waals surface area contributed by atoms with Crippen molar-refractivity contribution in [2.75, 3.05) is 30.4 Å². The minimum atomic E-state index is -0.295. The van der Waals surface area contributed by atoms with Crippen LogP contribution in [0.5, 0.6) is 11.8 Å². The summed E-state index contributed by atoms with van der Waals surface area (Å²) in [5.41, 5.74) is 12.5. The van der Waals surface area contributed by atoms with Crippen molar-refractivity contribution >= 4 is 17.3 Å². The number of carbonyl (C=O) groups is 1. The van der Waals surface area contributed by atoms with Gasteiger partial charge in [-0.15, -0.1) is 0 Å². The van der Waals surface area contributed by atoms with E-state index in [1.165, 1.54) is 6.07 Å². The van der Waals surface area contributed by atoms with E-state index >= 15 is 0 Å². The first kappa shape index (κ1) is 20.8. The van der Waals surface area contributed by atoms with Gasteiger partial charge in [-0.05, 0) is 60.2 Å². The zero-order valence-corrected chi connectivity index (χ0v) is 19.5. The molecule has 7 rings (SSSR count). The van der Waals surface area contributed by atoms with Gasteiger partial charge in [-0.3, -0.25) is 4.79 Å². The molecule has 0 radical (unpaired) electrons. The van der Waals surface area contributed by atoms with Crippen LogP contribution < -0.4 is 20.7 Å². The predicted octanol–water partition coefficient (Wildman–Crippen LogP) is 4.08. The minimum Gasteiger partial charge on any atom is -0.424 e. The summed E-state index contributed by atoms with van der Waals surface area (Å²) in [6.45, 7) is 1.65. The summed E-state index contributed by atoms with van der Waals surface area (Å²) in [5, 5.41) is 3.12. The molecule has 8 heteroatoms. The lowest BCUT2D eigenvalue weighted by atomic mass is 9.60. The number of hydrogen-bond donors (Lipinski definition) is 2. The van der Waals surface area contributed by atoms with Crippen molar-refractivity contribution in [1.82, 2.24) is 9.97 Å². The Hall–Kier alpha value is -3.52. The van der Waals surface area contributed by atoms with Crippen LogP contribution in [0.4, 0.5) is 15.9 Å². The fourth-order valence-electron chi connectivity index (χ4n) is 6.15. The van der Waals surface area contributed by atoms with Crippen molar-refractivity contribution in [2.24, 2.45) is 11.1 Å². The molecule has 1 saturated heterocycles. The molecule has 3 aromatic rings. The lowest BCUT2D eigenvalue weighted by molar-refractivity contribution is 0.0558. The molecule has 1 spiro atoms. The van der Waals surface area contributed by atoms with Gasteiger partial charge in [0.15, 0.2) is 5.78 Å². The highest BCUT2D eigenvalue weighted by molar-refractivity contribution is 6.00. The van der Waals surface area contributed by atoms with Gasteiger partial charge >= 0.3 is 6.01 Å². The monoisotopic (exact) mass is 471 g/mol. The second-order valence-electron chi connectivity index (χ2n) is 10.3. The number of fused-ring (bicyclic) bond motifs is 4. The molecule has 1 aromatic heterocycles. The number of ketones is 1. The maximum absolute atomic E-state index is 14.5. The Kier molecular flexibility index (Phi) is 4.31. The Labute approximate surface area is 202 Å². The molecule has 1 atom stereocenters. The van der Waals surface area contributed by atoms with E-state index in [1.807, 2.05) is 12.1 Å². The molecule has 4 aliphatic rings. The third kappa shape index (κ3) is 3.02. The number of benzene rings is 2. The van der Waals surface area contributed by atoms with E-state index < -0.39 is 0 Å². The molecule has 0 amide bonds. The van der Waals surface area contributed by atoms with Gasteiger partial charge in [-0.2, -0.15) is 9.97 Å². The van der Waals surface area contributed by atoms with Crippen molar-refractivity contribution in [3.8, 4) is 22.9 Å². The van der Waals surface area contributed by atoms with E-state index in [4.69, 9.17) is 20.4 Å². The molecular formula is C27H26FN5O2. The number of Topliss-reactive ketones (excluding diaryl/α,β-unsaturated/α-hetero) is 1. The molecule has 3 N–H and O–H groups in total. The van der Waals surface area contributed by atoms with E-state index in [0.717, 1.165) is 71.8 Å². The number of ether oxygens (including phenoxy) is 1. The largest absolute Gasteiger partial charge is 0.424 e. The van der Waals surface area contributed by atoms with Gasteiger partial charge in [0, 0.05) is 61.2 Å². The third-order valence-corrected chi connectivity index (χ3v) is 8.31. The number of aromatic nitrogens is 2. The van der Waals surface area contributed by atoms with Crippen LogP contribution >= 0.6 is 0 Å². The lowest BCUT2D eigenvalue weighted by Gasteiger charge is -2.60. The van der Waals surface area contributed by atoms with Gasteiger partial charge in [-0.1, -0.05) is 6.07 Å². The Morgan fingerprint density at radius 3 is 2.77 bits per heavy atom. The third-order valence-electron chi connectivity index (χ3n) is 8.31. The van der Waals surface area contributed by atoms with Crippen LogP contribution in [-0.2, 0) is 12.8 Å². The first-order valence-corrected chi connectivity index (χ1v) is 12.2. The average Bonchev–Trinajstić information content (AvgIpc) is 3.37. The molecule has 1 unspecified atom stereocenters. The highest BCUT2D eigenvalue weighted by atomic mass is 19.1. The highest BCUT2D eigenvalue weighted by Crippen LogP contribution is 2.52. The summed E-state index contributed by atoms with van der Waals surface area (Å²) in [5.74, 6) is 1.15. The van der Waals surface area contributed by atoms with Gasteiger partial charge < -0.3 is 20.7 Å². The molecule has 35 heavy (non-hydrogen) atoms. The van der Waals surface area contributed by atoms with E-state index in [0.29, 0.717) is 24.2 Å². The zero-order chi connectivity index (χ0) is 23.9. The van der Waals surface area contributed by atoms with E-state index in [1.54, 1.807) is 19.2 Å². The number of halogens is 1. The molecule has 1 saturated carbocycles. The van der Waals surface area contributed by atoms with Crippen LogP contribution in [0.2, 0.25) is 0 Å². The van der Waals surface area contributed by atoms with Crippen LogP contribution in [0.25, 0.3) is 11.1 Å². The Bertz CT molecular complexity index is 1420. The van der Waals surface area contributed by atoms with Crippen molar-refractivity contribution in [1.29, 1.82) is 0 Å². The SMILES string of the molecule is CNc1cc(F)cc2c1Cc1nc(Oc3ccc4c(c3)C(=O)CC4)nc(N3CC4(CCC4N)C3)c1-2. The quantitative estimate of drug-likeness (QED) is 0.463. The predicted molar refractivity (Wildman–Crippen MR) is 131 cm³/mol. The fourth-order valence-corrected chi connectivity index (χ4v) is 6.15. The molecule has 2 aromatic carbocycles. The molecular weight excluding hydrogens is 445 g/mol. The van der Waals surface area contributed by atoms with Crippen LogP contribution in [-0.4, -0.2) is 41.9 Å². The molecule has 2 fully saturated rings. The maximum Gasteiger partial charge on any atom is 0.324 e. The molecule has 0 bridgehead atoms. The van der Waals surface area contributed by atoms with Gasteiger partial charge in [0.25, 0.3) is 0 Å². The van der Waals surface area contributed by atoms with Crippen molar-refractivity contribution in [2.45, 2.75) is 38.1 Å². The fraction of sp³-hybridized carbons (Fsp3) is 0.370. The molecule has 1 aliphatic heterocycles. The summed E-state index contributed by atoms with van der Waals surface area (Å²) in [7, 11) is 1.80. The number of aryl methyl sites for hydroxylation is 1. The summed E-state index contributed by atoms with van der Waals surface area (Å²) in [6.07, 6.45) is 4.06. The van der Waals surface area contributed by atoms with Gasteiger partial charge in [0.05, 0.1) is 5.69 Å². The van der Waals surface area contributed by atoms with E-state index in [2.05, 4.69) is 10.2 Å². The van der Waals surface area contributed by atoms with Crippen molar-refractivity contribution in [3.63, 3.8) is 0 Å². The zero-order valence-electron chi connectivity index (χ0n) is 19.5. The summed E-state index contributed by atoms with van der Waals surface area (Å²) >= 11 is 0. The Morgan fingerprint density at radius 2 is 2.03 bits per heavy atom. The van der Waals surface area contributed by atoms with Gasteiger partial charge in [-0.25, -0.2) is 4.39 Å². The number of nitrogens with zero attached hydrogens (tertiary/aromatic N) is 3. The summed E-state index contributed by atoms with van der Waals surface area (Å²) in [6, 6.07) is 9.14. The number of nitrogens with one attached hydrogen (secondary N) is 1. The smallest absolute Gasteiger partial charge is 0.324 e. The van der Waals surface area contributed by atoms with Crippen molar-refractivity contribution < 1.29 is 13.9 Å². The summed E-state index contributed by atoms with van der Waals surface area (Å²) in [4.78, 5) is 24.0. The normalized spacial score (nSPS) is 20.7. The number of nitrogens with two attached hydrogens (primary N) is 1. The summed E-state index contributed by atoms with van der Waals surface area (Å²) < 4.78 is 20.6. The van der Waals surface area contributed by atoms with Crippen molar-refractivity contribution in [3.05, 3.63) is 58.5 Å². The van der Waals surface area contributed by atoms with E-state index in [-0.39, 0.29) is 29.1 Å². The molecule has 2 heterocycles. The van der Waals surface area contributed by atoms with Crippen LogP contribution in [0.3, 0.4) is 0 Å². The second-order valence-corrected chi connectivity index (χ2v) is 10.3. The number of hydrogen-bond acceptors (Lipinski definition) is 7. The minimum absolute atomic E-state index is 0.140. The van der Waals surface area contributed by atoms with Crippen LogP contribution in [0.15, 0.2) is 30.3 Å². The lowest BCUT2D eigenvalue weighted by Crippen LogP contribution is -2.69. The highest BCUT2D eigenvalue weighted by Gasteiger charge is 2.54. The number of anilines is 2. The first-order valence-electron chi connectivity index (χ1n) is 12.2. The maximum atomic E-state index is 14.5. The second kappa shape index (κ2) is 7.24. The number of rotatable bonds is 4. The topological polar surface area (TPSA) is 93.4 Å². The van der Waals surface area contributed by atoms with Crippen LogP contribution in [0, 0.1) is 11.2 Å². The van der Waals surface area contributed by atoms with Crippen LogP contribution in [0.1, 0.15) is 46.4 Å². The average molecular weight is 472 g/mol. The van der Waals surface area contributed by atoms with E-state index in [9.17, 15) is 9.18 Å². The van der Waals surface area contributed by atoms with Gasteiger partial charge in [0.2, 0.25) is 0 Å². The standard InChI is InChI=1S/C27H26FN5O2/c1-30-20-9-15(28)8-19-18(20)11-21-24(19)25(33-12-27(13-33)7-6-23(27)29)32-26(31-21)35-16-4-2-14-3-5-22(34)17(14)10-16/h2,4,8-10,23,30H,3,5-7,11-13,29H2,1H3. The first-order chi connectivity index (χ1) is 16.9. The number of carbonyl (C=O) groups excluding carboxylic acids is 1.